The average Bonchev–Trinajstić information content (AvgIpc) is 3.40. The van der Waals surface area contributed by atoms with Crippen LogP contribution >= 0.6 is 11.6 Å². The Morgan fingerprint density at radius 1 is 1.22 bits per heavy atom. The van der Waals surface area contributed by atoms with Gasteiger partial charge in [0, 0.05) is 35.3 Å². The fourth-order valence-electron chi connectivity index (χ4n) is 2.86. The number of hydrogen-bond acceptors (Lipinski definition) is 4. The molecule has 1 aliphatic rings. The molecule has 2 aromatic rings. The van der Waals surface area contributed by atoms with E-state index in [1.807, 2.05) is 32.9 Å². The van der Waals surface area contributed by atoms with Crippen LogP contribution in [0.1, 0.15) is 33.6 Å². The van der Waals surface area contributed by atoms with Crippen molar-refractivity contribution in [1.29, 1.82) is 0 Å². The summed E-state index contributed by atoms with van der Waals surface area (Å²) in [6.07, 6.45) is 1.86. The molecule has 0 atom stereocenters. The van der Waals surface area contributed by atoms with Gasteiger partial charge < -0.3 is 9.64 Å². The highest BCUT2D eigenvalue weighted by molar-refractivity contribution is 6.32. The van der Waals surface area contributed by atoms with Crippen molar-refractivity contribution in [3.8, 4) is 11.5 Å². The molecule has 1 saturated carbocycles. The lowest BCUT2D eigenvalue weighted by Crippen LogP contribution is -2.46. The van der Waals surface area contributed by atoms with E-state index in [-0.39, 0.29) is 28.1 Å². The molecule has 1 amide bonds. The van der Waals surface area contributed by atoms with Gasteiger partial charge in [0.1, 0.15) is 11.5 Å². The number of amides is 1. The van der Waals surface area contributed by atoms with Crippen molar-refractivity contribution in [3.63, 3.8) is 0 Å². The van der Waals surface area contributed by atoms with Crippen LogP contribution in [0.5, 0.6) is 11.5 Å². The van der Waals surface area contributed by atoms with Crippen molar-refractivity contribution in [2.24, 2.45) is 5.92 Å². The highest BCUT2D eigenvalue weighted by Gasteiger charge is 2.38. The van der Waals surface area contributed by atoms with Gasteiger partial charge in [-0.05, 0) is 51.8 Å². The van der Waals surface area contributed by atoms with Gasteiger partial charge in [-0.25, -0.2) is 0 Å². The second kappa shape index (κ2) is 7.19. The molecule has 27 heavy (non-hydrogen) atoms. The summed E-state index contributed by atoms with van der Waals surface area (Å²) in [6.45, 7) is 5.98. The maximum Gasteiger partial charge on any atom is 0.271 e. The van der Waals surface area contributed by atoms with E-state index in [9.17, 15) is 14.9 Å². The lowest BCUT2D eigenvalue weighted by molar-refractivity contribution is -0.384. The molecule has 0 unspecified atom stereocenters. The number of anilines is 1. The molecule has 7 heteroatoms. The zero-order valence-electron chi connectivity index (χ0n) is 15.4. The average molecular weight is 389 g/mol. The Kier molecular flexibility index (Phi) is 5.11. The van der Waals surface area contributed by atoms with Crippen molar-refractivity contribution >= 4 is 28.9 Å². The molecule has 1 aliphatic carbocycles. The van der Waals surface area contributed by atoms with Crippen LogP contribution < -0.4 is 9.64 Å². The number of non-ortho nitro benzene ring substituents is 1. The minimum atomic E-state index is -0.513. The predicted octanol–water partition coefficient (Wildman–Crippen LogP) is 5.58. The normalized spacial score (nSPS) is 13.9. The van der Waals surface area contributed by atoms with Gasteiger partial charge in [0.2, 0.25) is 5.91 Å². The topological polar surface area (TPSA) is 72.7 Å². The number of carbonyl (C=O) groups is 1. The third-order valence-corrected chi connectivity index (χ3v) is 4.54. The first-order valence-electron chi connectivity index (χ1n) is 8.73. The van der Waals surface area contributed by atoms with Crippen molar-refractivity contribution in [1.82, 2.24) is 0 Å². The molecule has 1 fully saturated rings. The van der Waals surface area contributed by atoms with Gasteiger partial charge >= 0.3 is 0 Å². The monoisotopic (exact) mass is 388 g/mol. The van der Waals surface area contributed by atoms with Crippen LogP contribution in [0, 0.1) is 16.0 Å². The number of nitrogens with zero attached hydrogens (tertiary/aromatic N) is 2. The van der Waals surface area contributed by atoms with E-state index >= 15 is 0 Å². The summed E-state index contributed by atoms with van der Waals surface area (Å²) in [5.74, 6) is 1.03. The summed E-state index contributed by atoms with van der Waals surface area (Å²) >= 11 is 6.10. The number of benzene rings is 2. The number of ether oxygens (including phenoxy) is 1. The van der Waals surface area contributed by atoms with Crippen LogP contribution in [-0.2, 0) is 4.79 Å². The molecule has 0 N–H and O–H groups in total. The molecular formula is C20H21ClN2O4. The van der Waals surface area contributed by atoms with Gasteiger partial charge in [0.25, 0.3) is 5.69 Å². The SMILES string of the molecule is CC(C)(C)N(C(=O)C1CC1)c1cccc(Oc2ccc([N+](=O)[O-])cc2Cl)c1. The van der Waals surface area contributed by atoms with Crippen LogP contribution in [0.15, 0.2) is 42.5 Å². The Hall–Kier alpha value is -2.60. The minimum absolute atomic E-state index is 0.0953. The molecule has 3 rings (SSSR count). The number of hydrogen-bond donors (Lipinski definition) is 0. The van der Waals surface area contributed by atoms with Crippen LogP contribution in [0.2, 0.25) is 5.02 Å². The second-order valence-electron chi connectivity index (χ2n) is 7.59. The minimum Gasteiger partial charge on any atom is -0.456 e. The molecular weight excluding hydrogens is 368 g/mol. The fraction of sp³-hybridized carbons (Fsp3) is 0.350. The van der Waals surface area contributed by atoms with Crippen LogP contribution in [0.4, 0.5) is 11.4 Å². The van der Waals surface area contributed by atoms with Crippen molar-refractivity contribution in [3.05, 3.63) is 57.6 Å². The van der Waals surface area contributed by atoms with E-state index in [2.05, 4.69) is 0 Å². The van der Waals surface area contributed by atoms with E-state index in [0.29, 0.717) is 11.5 Å². The fourth-order valence-corrected chi connectivity index (χ4v) is 3.07. The van der Waals surface area contributed by atoms with E-state index < -0.39 is 4.92 Å². The lowest BCUT2D eigenvalue weighted by atomic mass is 10.0. The van der Waals surface area contributed by atoms with E-state index in [0.717, 1.165) is 18.5 Å². The third kappa shape index (κ3) is 4.39. The van der Waals surface area contributed by atoms with E-state index in [1.54, 1.807) is 17.0 Å². The Bertz CT molecular complexity index is 888. The first-order valence-corrected chi connectivity index (χ1v) is 9.10. The molecule has 142 valence electrons. The number of carbonyl (C=O) groups excluding carboxylic acids is 1. The van der Waals surface area contributed by atoms with Crippen molar-refractivity contribution in [2.75, 3.05) is 4.90 Å². The highest BCUT2D eigenvalue weighted by Crippen LogP contribution is 2.38. The van der Waals surface area contributed by atoms with Gasteiger partial charge in [0.15, 0.2) is 0 Å². The summed E-state index contributed by atoms with van der Waals surface area (Å²) in [6, 6.07) is 11.3. The first-order chi connectivity index (χ1) is 12.7. The van der Waals surface area contributed by atoms with Crippen LogP contribution in [0.25, 0.3) is 0 Å². The quantitative estimate of drug-likeness (QED) is 0.495. The molecule has 0 spiro atoms. The smallest absolute Gasteiger partial charge is 0.271 e. The molecule has 0 aromatic heterocycles. The van der Waals surface area contributed by atoms with E-state index in [4.69, 9.17) is 16.3 Å². The van der Waals surface area contributed by atoms with E-state index in [1.165, 1.54) is 18.2 Å². The highest BCUT2D eigenvalue weighted by atomic mass is 35.5. The molecule has 6 nitrogen and oxygen atoms in total. The number of halogens is 1. The van der Waals surface area contributed by atoms with Crippen LogP contribution in [0.3, 0.4) is 0 Å². The third-order valence-electron chi connectivity index (χ3n) is 4.25. The molecule has 0 aliphatic heterocycles. The first kappa shape index (κ1) is 19.2. The van der Waals surface area contributed by atoms with Gasteiger partial charge in [0.05, 0.1) is 9.95 Å². The Labute approximate surface area is 162 Å². The van der Waals surface area contributed by atoms with Gasteiger partial charge in [-0.3, -0.25) is 14.9 Å². The number of nitro benzene ring substituents is 1. The predicted molar refractivity (Wildman–Crippen MR) is 105 cm³/mol. The summed E-state index contributed by atoms with van der Waals surface area (Å²) in [7, 11) is 0. The summed E-state index contributed by atoms with van der Waals surface area (Å²) in [5, 5.41) is 11.0. The Morgan fingerprint density at radius 2 is 1.93 bits per heavy atom. The zero-order valence-corrected chi connectivity index (χ0v) is 16.2. The molecule has 0 heterocycles. The standard InChI is InChI=1S/C20H21ClN2O4/c1-20(2,3)22(19(24)13-7-8-13)14-5-4-6-16(11-14)27-18-10-9-15(23(25)26)12-17(18)21/h4-6,9-13H,7-8H2,1-3H3. The molecule has 2 aromatic carbocycles. The largest absolute Gasteiger partial charge is 0.456 e. The van der Waals surface area contributed by atoms with Crippen LogP contribution in [-0.4, -0.2) is 16.4 Å². The lowest BCUT2D eigenvalue weighted by Gasteiger charge is -2.36. The van der Waals surface area contributed by atoms with Gasteiger partial charge in [-0.15, -0.1) is 0 Å². The Morgan fingerprint density at radius 3 is 2.48 bits per heavy atom. The summed E-state index contributed by atoms with van der Waals surface area (Å²) in [5.41, 5.74) is 0.272. The summed E-state index contributed by atoms with van der Waals surface area (Å²) in [4.78, 5) is 24.9. The summed E-state index contributed by atoms with van der Waals surface area (Å²) < 4.78 is 5.81. The van der Waals surface area contributed by atoms with Gasteiger partial charge in [-0.2, -0.15) is 0 Å². The maximum absolute atomic E-state index is 12.8. The molecule has 0 saturated heterocycles. The van der Waals surface area contributed by atoms with Crippen molar-refractivity contribution in [2.45, 2.75) is 39.2 Å². The van der Waals surface area contributed by atoms with Gasteiger partial charge in [-0.1, -0.05) is 17.7 Å². The van der Waals surface area contributed by atoms with Crippen molar-refractivity contribution < 1.29 is 14.5 Å². The zero-order chi connectivity index (χ0) is 19.8. The Balaban J connectivity index is 1.88. The number of nitro groups is 1. The molecule has 0 radical (unpaired) electrons. The second-order valence-corrected chi connectivity index (χ2v) is 8.00. The number of rotatable bonds is 5. The molecule has 0 bridgehead atoms. The maximum atomic E-state index is 12.8.